The van der Waals surface area contributed by atoms with Crippen LogP contribution in [0.15, 0.2) is 59.7 Å². The first kappa shape index (κ1) is 20.8. The molecule has 0 aromatic heterocycles. The van der Waals surface area contributed by atoms with Crippen LogP contribution < -0.4 is 10.1 Å². The molecule has 8 heteroatoms. The van der Waals surface area contributed by atoms with Crippen LogP contribution in [0.5, 0.6) is 5.75 Å². The van der Waals surface area contributed by atoms with Gasteiger partial charge in [0.2, 0.25) is 11.8 Å². The van der Waals surface area contributed by atoms with E-state index in [1.54, 1.807) is 36.0 Å². The SMILES string of the molecule is [2H]CCOc1ccc(C[C@H](NC(=O)CCSCc2ccccc2)C(=O)N=[N+]=[N-])cc1. The van der Waals surface area contributed by atoms with Crippen molar-refractivity contribution in [3.05, 3.63) is 76.2 Å². The third-order valence-corrected chi connectivity index (χ3v) is 5.02. The molecular formula is C21H24N4O3S. The molecule has 0 spiro atoms. The van der Waals surface area contributed by atoms with Gasteiger partial charge in [0.05, 0.1) is 12.6 Å². The number of ether oxygens (including phenoxy) is 1. The normalized spacial score (nSPS) is 11.7. The number of nitrogens with zero attached hydrogens (tertiary/aromatic N) is 3. The first-order valence-corrected chi connectivity index (χ1v) is 10.3. The lowest BCUT2D eigenvalue weighted by atomic mass is 10.1. The highest BCUT2D eigenvalue weighted by Gasteiger charge is 2.20. The lowest BCUT2D eigenvalue weighted by Gasteiger charge is -2.16. The minimum Gasteiger partial charge on any atom is -0.494 e. The number of thioether (sulfide) groups is 1. The summed E-state index contributed by atoms with van der Waals surface area (Å²) in [5, 5.41) is 5.82. The molecule has 0 unspecified atom stereocenters. The van der Waals surface area contributed by atoms with E-state index in [1.165, 1.54) is 5.56 Å². The van der Waals surface area contributed by atoms with Gasteiger partial charge in [-0.15, -0.1) is 0 Å². The van der Waals surface area contributed by atoms with Crippen molar-refractivity contribution in [2.75, 3.05) is 12.4 Å². The molecule has 2 aromatic rings. The van der Waals surface area contributed by atoms with Gasteiger partial charge in [-0.05, 0) is 47.2 Å². The predicted octanol–water partition coefficient (Wildman–Crippen LogP) is 4.27. The third-order valence-electron chi connectivity index (χ3n) is 3.99. The minimum absolute atomic E-state index is 0.167. The van der Waals surface area contributed by atoms with Crippen LogP contribution in [0, 0.1) is 0 Å². The first-order valence-electron chi connectivity index (χ1n) is 9.84. The first-order chi connectivity index (χ1) is 14.6. The van der Waals surface area contributed by atoms with E-state index in [1.807, 2.05) is 30.3 Å². The van der Waals surface area contributed by atoms with Gasteiger partial charge in [-0.3, -0.25) is 9.59 Å². The maximum atomic E-state index is 12.3. The standard InChI is InChI=1S/C21H24N4O3S/c1-2-28-18-10-8-16(9-11-18)14-19(21(27)24-25-22)23-20(26)12-13-29-15-17-6-4-3-5-7-17/h3-11,19H,2,12-15H2,1H3,(H,23,26)/t19-/m0/s1/i1D. The zero-order chi connectivity index (χ0) is 21.6. The number of amides is 2. The maximum Gasteiger partial charge on any atom is 0.241 e. The molecule has 0 fully saturated rings. The third kappa shape index (κ3) is 8.29. The molecule has 29 heavy (non-hydrogen) atoms. The summed E-state index contributed by atoms with van der Waals surface area (Å²) in [5.41, 5.74) is 10.6. The highest BCUT2D eigenvalue weighted by atomic mass is 32.2. The summed E-state index contributed by atoms with van der Waals surface area (Å²) in [6.07, 6.45) is 0.469. The Balaban J connectivity index is 1.86. The molecular weight excluding hydrogens is 388 g/mol. The van der Waals surface area contributed by atoms with Crippen LogP contribution in [0.3, 0.4) is 0 Å². The van der Waals surface area contributed by atoms with Crippen LogP contribution in [0.25, 0.3) is 10.4 Å². The molecule has 0 heterocycles. The quantitative estimate of drug-likeness (QED) is 0.257. The van der Waals surface area contributed by atoms with Crippen LogP contribution in [0.4, 0.5) is 0 Å². The minimum atomic E-state index is -0.924. The van der Waals surface area contributed by atoms with Gasteiger partial charge in [-0.25, -0.2) is 0 Å². The Hall–Kier alpha value is -2.96. The topological polar surface area (TPSA) is 104 Å². The van der Waals surface area contributed by atoms with E-state index in [0.717, 1.165) is 11.3 Å². The van der Waals surface area contributed by atoms with Gasteiger partial charge in [0.25, 0.3) is 0 Å². The van der Waals surface area contributed by atoms with Crippen LogP contribution in [0.2, 0.25) is 0 Å². The Kier molecular flexibility index (Phi) is 8.94. The Labute approximate surface area is 175 Å². The second-order valence-electron chi connectivity index (χ2n) is 6.13. The van der Waals surface area contributed by atoms with Crippen molar-refractivity contribution in [1.29, 1.82) is 0 Å². The van der Waals surface area contributed by atoms with Crippen LogP contribution >= 0.6 is 11.8 Å². The molecule has 0 aliphatic heterocycles. The average molecular weight is 414 g/mol. The fourth-order valence-electron chi connectivity index (χ4n) is 2.58. The summed E-state index contributed by atoms with van der Waals surface area (Å²) in [5.74, 6) is 1.06. The number of azide groups is 1. The number of carbonyl (C=O) groups is 2. The molecule has 7 nitrogen and oxygen atoms in total. The van der Waals surface area contributed by atoms with E-state index >= 15 is 0 Å². The van der Waals surface area contributed by atoms with Crippen molar-refractivity contribution in [3.8, 4) is 5.75 Å². The smallest absolute Gasteiger partial charge is 0.241 e. The van der Waals surface area contributed by atoms with Crippen LogP contribution in [0.1, 0.15) is 25.8 Å². The molecule has 2 aromatic carbocycles. The second-order valence-corrected chi connectivity index (χ2v) is 7.24. The summed E-state index contributed by atoms with van der Waals surface area (Å²) in [4.78, 5) is 27.0. The molecule has 2 rings (SSSR count). The molecule has 1 atom stereocenters. The van der Waals surface area contributed by atoms with Gasteiger partial charge in [-0.1, -0.05) is 42.5 Å². The Morgan fingerprint density at radius 3 is 2.66 bits per heavy atom. The predicted molar refractivity (Wildman–Crippen MR) is 115 cm³/mol. The molecule has 152 valence electrons. The number of benzene rings is 2. The van der Waals surface area contributed by atoms with E-state index in [9.17, 15) is 9.59 Å². The molecule has 1 N–H and O–H groups in total. The number of rotatable bonds is 11. The summed E-state index contributed by atoms with van der Waals surface area (Å²) in [6, 6.07) is 16.1. The van der Waals surface area contributed by atoms with Crippen molar-refractivity contribution in [3.63, 3.8) is 0 Å². The maximum absolute atomic E-state index is 12.3. The van der Waals surface area contributed by atoms with E-state index < -0.39 is 11.9 Å². The van der Waals surface area contributed by atoms with Gasteiger partial charge >= 0.3 is 0 Å². The summed E-state index contributed by atoms with van der Waals surface area (Å²) in [7, 11) is 0. The van der Waals surface area contributed by atoms with E-state index in [0.29, 0.717) is 18.1 Å². The summed E-state index contributed by atoms with van der Waals surface area (Å²) < 4.78 is 12.5. The molecule has 0 radical (unpaired) electrons. The molecule has 0 bridgehead atoms. The highest BCUT2D eigenvalue weighted by molar-refractivity contribution is 7.98. The van der Waals surface area contributed by atoms with Crippen molar-refractivity contribution in [2.24, 2.45) is 5.11 Å². The van der Waals surface area contributed by atoms with Gasteiger partial charge in [0.1, 0.15) is 5.75 Å². The van der Waals surface area contributed by atoms with E-state index in [-0.39, 0.29) is 25.6 Å². The zero-order valence-electron chi connectivity index (χ0n) is 17.0. The molecule has 0 saturated heterocycles. The fourth-order valence-corrected chi connectivity index (χ4v) is 3.49. The lowest BCUT2D eigenvalue weighted by molar-refractivity contribution is -0.127. The van der Waals surface area contributed by atoms with Crippen LogP contribution in [-0.2, 0) is 21.8 Å². The van der Waals surface area contributed by atoms with Crippen molar-refractivity contribution >= 4 is 23.6 Å². The van der Waals surface area contributed by atoms with E-state index in [2.05, 4.69) is 15.3 Å². The van der Waals surface area contributed by atoms with Gasteiger partial charge in [0, 0.05) is 24.2 Å². The van der Waals surface area contributed by atoms with Gasteiger partial charge in [0.15, 0.2) is 0 Å². The Morgan fingerprint density at radius 1 is 1.21 bits per heavy atom. The summed E-state index contributed by atoms with van der Waals surface area (Å²) in [6.45, 7) is 0.468. The zero-order valence-corrected chi connectivity index (χ0v) is 16.8. The fraction of sp³-hybridized carbons (Fsp3) is 0.333. The van der Waals surface area contributed by atoms with Crippen LogP contribution in [-0.4, -0.2) is 30.2 Å². The lowest BCUT2D eigenvalue weighted by Crippen LogP contribution is -2.41. The highest BCUT2D eigenvalue weighted by Crippen LogP contribution is 2.15. The molecule has 0 saturated carbocycles. The second kappa shape index (κ2) is 12.5. The number of nitrogens with one attached hydrogen (secondary N) is 1. The van der Waals surface area contributed by atoms with E-state index in [4.69, 9.17) is 11.6 Å². The van der Waals surface area contributed by atoms with Crippen molar-refractivity contribution in [2.45, 2.75) is 31.5 Å². The van der Waals surface area contributed by atoms with Crippen molar-refractivity contribution in [1.82, 2.24) is 5.32 Å². The summed E-state index contributed by atoms with van der Waals surface area (Å²) >= 11 is 1.64. The largest absolute Gasteiger partial charge is 0.494 e. The Morgan fingerprint density at radius 2 is 1.97 bits per heavy atom. The monoisotopic (exact) mass is 413 g/mol. The average Bonchev–Trinajstić information content (AvgIpc) is 2.76. The number of hydrogen-bond acceptors (Lipinski definition) is 4. The number of hydrogen-bond donors (Lipinski definition) is 1. The van der Waals surface area contributed by atoms with Gasteiger partial charge < -0.3 is 10.1 Å². The number of carbonyl (C=O) groups excluding carboxylic acids is 2. The molecule has 0 aliphatic rings. The van der Waals surface area contributed by atoms with Gasteiger partial charge in [-0.2, -0.15) is 11.8 Å². The molecule has 0 aliphatic carbocycles. The Bertz CT molecular complexity index is 858. The molecule has 2 amide bonds. The van der Waals surface area contributed by atoms with Crippen molar-refractivity contribution < 1.29 is 15.7 Å².